The third kappa shape index (κ3) is 4.96. The van der Waals surface area contributed by atoms with Crippen molar-refractivity contribution >= 4 is 56.9 Å². The average Bonchev–Trinajstić information content (AvgIpc) is 3.00. The highest BCUT2D eigenvalue weighted by molar-refractivity contribution is 6.13. The molecule has 0 N–H and O–H groups in total. The van der Waals surface area contributed by atoms with Gasteiger partial charge >= 0.3 is 0 Å². The molecule has 0 aliphatic carbocycles. The van der Waals surface area contributed by atoms with Crippen LogP contribution in [0.25, 0.3) is 27.6 Å². The molecule has 4 heteroatoms. The molecular weight excluding hydrogens is 480 g/mol. The normalized spacial score (nSPS) is 11.2. The number of nitrogens with zero attached hydrogens (tertiary/aromatic N) is 2. The zero-order valence-corrected chi connectivity index (χ0v) is 21.1. The number of aldehydes is 1. The van der Waals surface area contributed by atoms with E-state index >= 15 is 0 Å². The van der Waals surface area contributed by atoms with Gasteiger partial charge in [-0.2, -0.15) is 0 Å². The maximum atomic E-state index is 13.0. The summed E-state index contributed by atoms with van der Waals surface area (Å²) in [6, 6.07) is 39.7. The summed E-state index contributed by atoms with van der Waals surface area (Å²) in [7, 11) is 0. The molecule has 0 saturated carbocycles. The molecule has 1 aromatic heterocycles. The summed E-state index contributed by atoms with van der Waals surface area (Å²) in [6.07, 6.45) is 5.86. The molecule has 6 rings (SSSR count). The SMILES string of the molecule is O=Cc1cc2ccccc2cc1C(=O)C=Cc1ccc2cc(N(c3ccccc3)c3ccccn3)ccc2c1. The van der Waals surface area contributed by atoms with Gasteiger partial charge in [-0.05, 0) is 87.8 Å². The van der Waals surface area contributed by atoms with Crippen LogP contribution in [-0.4, -0.2) is 17.1 Å². The Balaban J connectivity index is 1.31. The number of carbonyl (C=O) groups excluding carboxylic acids is 2. The minimum Gasteiger partial charge on any atom is -0.298 e. The van der Waals surface area contributed by atoms with Crippen molar-refractivity contribution in [2.45, 2.75) is 0 Å². The lowest BCUT2D eigenvalue weighted by molar-refractivity contribution is 0.103. The molecule has 0 saturated heterocycles. The van der Waals surface area contributed by atoms with Crippen molar-refractivity contribution in [1.29, 1.82) is 0 Å². The van der Waals surface area contributed by atoms with E-state index in [1.165, 1.54) is 6.08 Å². The van der Waals surface area contributed by atoms with Crippen LogP contribution >= 0.6 is 0 Å². The van der Waals surface area contributed by atoms with Crippen LogP contribution < -0.4 is 4.90 Å². The van der Waals surface area contributed by atoms with Crippen molar-refractivity contribution in [2.75, 3.05) is 4.90 Å². The largest absolute Gasteiger partial charge is 0.298 e. The van der Waals surface area contributed by atoms with Crippen LogP contribution in [-0.2, 0) is 0 Å². The third-order valence-electron chi connectivity index (χ3n) is 6.74. The number of benzene rings is 5. The number of fused-ring (bicyclic) bond motifs is 2. The molecule has 0 atom stereocenters. The highest BCUT2D eigenvalue weighted by atomic mass is 16.1. The highest BCUT2D eigenvalue weighted by Gasteiger charge is 2.14. The number of hydrogen-bond donors (Lipinski definition) is 0. The molecule has 0 unspecified atom stereocenters. The van der Waals surface area contributed by atoms with Crippen molar-refractivity contribution in [3.63, 3.8) is 0 Å². The Hall–Kier alpha value is -5.35. The number of ketones is 1. The van der Waals surface area contributed by atoms with E-state index in [9.17, 15) is 9.59 Å². The van der Waals surface area contributed by atoms with E-state index in [1.54, 1.807) is 24.4 Å². The van der Waals surface area contributed by atoms with Gasteiger partial charge in [0.15, 0.2) is 12.1 Å². The predicted octanol–water partition coefficient (Wildman–Crippen LogP) is 8.57. The van der Waals surface area contributed by atoms with Crippen LogP contribution in [0.4, 0.5) is 17.2 Å². The molecule has 39 heavy (non-hydrogen) atoms. The van der Waals surface area contributed by atoms with Gasteiger partial charge in [0, 0.05) is 28.7 Å². The molecule has 0 radical (unpaired) electrons. The highest BCUT2D eigenvalue weighted by Crippen LogP contribution is 2.34. The number of hydrogen-bond acceptors (Lipinski definition) is 4. The lowest BCUT2D eigenvalue weighted by atomic mass is 9.98. The molecule has 0 bridgehead atoms. The number of para-hydroxylation sites is 1. The molecule has 5 aromatic carbocycles. The first-order chi connectivity index (χ1) is 19.2. The molecule has 0 aliphatic heterocycles. The standard InChI is InChI=1S/C35H24N2O2/c38-24-30-21-26-8-4-5-9-27(26)23-33(30)34(39)18-14-25-13-15-29-22-32(17-16-28(29)20-25)37(31-10-2-1-3-11-31)35-12-6-7-19-36-35/h1-24H. The summed E-state index contributed by atoms with van der Waals surface area (Å²) in [5.41, 5.74) is 3.73. The summed E-state index contributed by atoms with van der Waals surface area (Å²) in [6.45, 7) is 0. The fourth-order valence-electron chi connectivity index (χ4n) is 4.80. The molecule has 0 aliphatic rings. The van der Waals surface area contributed by atoms with Gasteiger partial charge in [-0.3, -0.25) is 14.5 Å². The summed E-state index contributed by atoms with van der Waals surface area (Å²) in [5.74, 6) is 0.636. The van der Waals surface area contributed by atoms with Crippen molar-refractivity contribution in [2.24, 2.45) is 0 Å². The number of anilines is 3. The Morgan fingerprint density at radius 1 is 0.641 bits per heavy atom. The van der Waals surface area contributed by atoms with Gasteiger partial charge in [0.05, 0.1) is 0 Å². The Labute approximate surface area is 226 Å². The van der Waals surface area contributed by atoms with E-state index in [1.807, 2.05) is 66.7 Å². The van der Waals surface area contributed by atoms with Gasteiger partial charge in [-0.25, -0.2) is 4.98 Å². The van der Waals surface area contributed by atoms with Crippen LogP contribution in [0, 0.1) is 0 Å². The number of rotatable bonds is 7. The molecular formula is C35H24N2O2. The summed E-state index contributed by atoms with van der Waals surface area (Å²) < 4.78 is 0. The van der Waals surface area contributed by atoms with Crippen LogP contribution in [0.1, 0.15) is 26.3 Å². The topological polar surface area (TPSA) is 50.3 Å². The van der Waals surface area contributed by atoms with Crippen LogP contribution in [0.2, 0.25) is 0 Å². The monoisotopic (exact) mass is 504 g/mol. The fraction of sp³-hybridized carbons (Fsp3) is 0. The van der Waals surface area contributed by atoms with Gasteiger partial charge in [0.1, 0.15) is 5.82 Å². The Morgan fingerprint density at radius 3 is 2.10 bits per heavy atom. The first kappa shape index (κ1) is 24.0. The molecule has 4 nitrogen and oxygen atoms in total. The number of aromatic nitrogens is 1. The Bertz CT molecular complexity index is 1800. The van der Waals surface area contributed by atoms with Crippen molar-refractivity contribution in [3.05, 3.63) is 150 Å². The zero-order valence-electron chi connectivity index (χ0n) is 21.1. The van der Waals surface area contributed by atoms with E-state index < -0.39 is 0 Å². The average molecular weight is 505 g/mol. The minimum atomic E-state index is -0.202. The van der Waals surface area contributed by atoms with E-state index in [-0.39, 0.29) is 5.78 Å². The molecule has 1 heterocycles. The number of pyridine rings is 1. The van der Waals surface area contributed by atoms with Gasteiger partial charge in [-0.1, -0.05) is 72.8 Å². The third-order valence-corrected chi connectivity index (χ3v) is 6.74. The maximum Gasteiger partial charge on any atom is 0.186 e. The van der Waals surface area contributed by atoms with Crippen molar-refractivity contribution in [1.82, 2.24) is 4.98 Å². The lowest BCUT2D eigenvalue weighted by Crippen LogP contribution is -2.11. The first-order valence-electron chi connectivity index (χ1n) is 12.7. The smallest absolute Gasteiger partial charge is 0.186 e. The second-order valence-electron chi connectivity index (χ2n) is 9.25. The summed E-state index contributed by atoms with van der Waals surface area (Å²) in [4.78, 5) is 31.4. The summed E-state index contributed by atoms with van der Waals surface area (Å²) >= 11 is 0. The first-order valence-corrected chi connectivity index (χ1v) is 12.7. The number of allylic oxidation sites excluding steroid dienone is 1. The van der Waals surface area contributed by atoms with Crippen LogP contribution in [0.5, 0.6) is 0 Å². The van der Waals surface area contributed by atoms with E-state index in [2.05, 4.69) is 52.3 Å². The van der Waals surface area contributed by atoms with Crippen molar-refractivity contribution < 1.29 is 9.59 Å². The van der Waals surface area contributed by atoms with Crippen LogP contribution in [0.3, 0.4) is 0 Å². The molecule has 0 spiro atoms. The molecule has 0 amide bonds. The molecule has 6 aromatic rings. The fourth-order valence-corrected chi connectivity index (χ4v) is 4.80. The molecule has 0 fully saturated rings. The number of carbonyl (C=O) groups is 2. The lowest BCUT2D eigenvalue weighted by Gasteiger charge is -2.24. The maximum absolute atomic E-state index is 13.0. The van der Waals surface area contributed by atoms with Gasteiger partial charge in [0.2, 0.25) is 0 Å². The second kappa shape index (κ2) is 10.6. The molecule has 186 valence electrons. The van der Waals surface area contributed by atoms with E-state index in [0.717, 1.165) is 50.6 Å². The van der Waals surface area contributed by atoms with Gasteiger partial charge in [0.25, 0.3) is 0 Å². The van der Waals surface area contributed by atoms with Gasteiger partial charge in [-0.15, -0.1) is 0 Å². The van der Waals surface area contributed by atoms with E-state index in [4.69, 9.17) is 0 Å². The van der Waals surface area contributed by atoms with E-state index in [0.29, 0.717) is 11.1 Å². The predicted molar refractivity (Wildman–Crippen MR) is 159 cm³/mol. The summed E-state index contributed by atoms with van der Waals surface area (Å²) in [5, 5.41) is 3.99. The Kier molecular flexibility index (Phi) is 6.50. The zero-order chi connectivity index (χ0) is 26.6. The minimum absolute atomic E-state index is 0.202. The van der Waals surface area contributed by atoms with Crippen LogP contribution in [0.15, 0.2) is 134 Å². The van der Waals surface area contributed by atoms with Gasteiger partial charge < -0.3 is 0 Å². The Morgan fingerprint density at radius 2 is 1.33 bits per heavy atom. The second-order valence-corrected chi connectivity index (χ2v) is 9.25. The van der Waals surface area contributed by atoms with Crippen molar-refractivity contribution in [3.8, 4) is 0 Å². The quantitative estimate of drug-likeness (QED) is 0.124.